The second-order valence-corrected chi connectivity index (χ2v) is 6.93. The topological polar surface area (TPSA) is 96.0 Å². The van der Waals surface area contributed by atoms with Gasteiger partial charge in [-0.25, -0.2) is 13.1 Å². The normalized spacial score (nSPS) is 22.6. The predicted octanol–water partition coefficient (Wildman–Crippen LogP) is 1.27. The average Bonchev–Trinajstić information content (AvgIpc) is 2.84. The molecule has 3 N–H and O–H groups in total. The van der Waals surface area contributed by atoms with Crippen molar-refractivity contribution in [2.24, 2.45) is 11.7 Å². The lowest BCUT2D eigenvalue weighted by Crippen LogP contribution is -2.40. The Kier molecular flexibility index (Phi) is 4.43. The minimum absolute atomic E-state index is 0.0833. The van der Waals surface area contributed by atoms with Gasteiger partial charge in [0, 0.05) is 6.04 Å². The summed E-state index contributed by atoms with van der Waals surface area (Å²) >= 11 is 0. The summed E-state index contributed by atoms with van der Waals surface area (Å²) in [5, 5.41) is 8.82. The van der Waals surface area contributed by atoms with Crippen LogP contribution in [0.4, 0.5) is 0 Å². The van der Waals surface area contributed by atoms with Gasteiger partial charge in [0.2, 0.25) is 10.0 Å². The van der Waals surface area contributed by atoms with E-state index in [1.165, 1.54) is 12.1 Å². The zero-order valence-corrected chi connectivity index (χ0v) is 12.3. The number of hydrogen-bond donors (Lipinski definition) is 2. The Morgan fingerprint density at radius 3 is 2.80 bits per heavy atom. The maximum absolute atomic E-state index is 12.4. The van der Waals surface area contributed by atoms with Gasteiger partial charge in [-0.3, -0.25) is 0 Å². The standard InChI is InChI=1S/C14H19N3O2S/c1-10-7-11(8-15)5-6-14(10)20(18,19)17-13-4-2-3-12(13)9-16/h5-7,12-13,17H,2-4,9,16H2,1H3/t12-,13-/m0/s1. The molecule has 1 aromatic rings. The molecule has 0 saturated heterocycles. The molecule has 108 valence electrons. The summed E-state index contributed by atoms with van der Waals surface area (Å²) in [6, 6.07) is 6.52. The zero-order valence-electron chi connectivity index (χ0n) is 11.5. The number of nitrogens with one attached hydrogen (secondary N) is 1. The fourth-order valence-electron chi connectivity index (χ4n) is 2.76. The van der Waals surface area contributed by atoms with Gasteiger partial charge < -0.3 is 5.73 Å². The van der Waals surface area contributed by atoms with E-state index in [9.17, 15) is 8.42 Å². The highest BCUT2D eigenvalue weighted by Gasteiger charge is 2.30. The molecule has 1 fully saturated rings. The summed E-state index contributed by atoms with van der Waals surface area (Å²) < 4.78 is 27.6. The summed E-state index contributed by atoms with van der Waals surface area (Å²) in [6.07, 6.45) is 2.80. The first kappa shape index (κ1) is 15.0. The first-order chi connectivity index (χ1) is 9.47. The third-order valence-corrected chi connectivity index (χ3v) is 5.51. The monoisotopic (exact) mass is 293 g/mol. The Labute approximate surface area is 119 Å². The number of sulfonamides is 1. The smallest absolute Gasteiger partial charge is 0.241 e. The van der Waals surface area contributed by atoms with Crippen LogP contribution in [0.1, 0.15) is 30.4 Å². The molecule has 1 aliphatic rings. The minimum Gasteiger partial charge on any atom is -0.330 e. The fraction of sp³-hybridized carbons (Fsp3) is 0.500. The predicted molar refractivity (Wildman–Crippen MR) is 76.4 cm³/mol. The number of rotatable bonds is 4. The Morgan fingerprint density at radius 2 is 2.20 bits per heavy atom. The molecule has 0 heterocycles. The molecule has 1 saturated carbocycles. The third kappa shape index (κ3) is 3.01. The molecule has 0 bridgehead atoms. The Bertz CT molecular complexity index is 634. The van der Waals surface area contributed by atoms with Gasteiger partial charge in [0.05, 0.1) is 16.5 Å². The fourth-order valence-corrected chi connectivity index (χ4v) is 4.32. The van der Waals surface area contributed by atoms with E-state index in [2.05, 4.69) is 4.72 Å². The van der Waals surface area contributed by atoms with Crippen LogP contribution in [0.15, 0.2) is 23.1 Å². The van der Waals surface area contributed by atoms with E-state index in [0.717, 1.165) is 19.3 Å². The van der Waals surface area contributed by atoms with Crippen molar-refractivity contribution in [3.05, 3.63) is 29.3 Å². The van der Waals surface area contributed by atoms with Crippen molar-refractivity contribution in [2.45, 2.75) is 37.1 Å². The Hall–Kier alpha value is -1.42. The van der Waals surface area contributed by atoms with Crippen LogP contribution in [0.2, 0.25) is 0 Å². The molecule has 1 aromatic carbocycles. The number of nitrogens with zero attached hydrogens (tertiary/aromatic N) is 1. The van der Waals surface area contributed by atoms with Crippen LogP contribution in [0.5, 0.6) is 0 Å². The number of nitrogens with two attached hydrogens (primary N) is 1. The first-order valence-corrected chi connectivity index (χ1v) is 8.19. The average molecular weight is 293 g/mol. The highest BCUT2D eigenvalue weighted by Crippen LogP contribution is 2.27. The van der Waals surface area contributed by atoms with E-state index in [1.807, 2.05) is 6.07 Å². The van der Waals surface area contributed by atoms with Crippen LogP contribution < -0.4 is 10.5 Å². The molecule has 1 aliphatic carbocycles. The maximum Gasteiger partial charge on any atom is 0.241 e. The van der Waals surface area contributed by atoms with E-state index in [1.54, 1.807) is 13.0 Å². The summed E-state index contributed by atoms with van der Waals surface area (Å²) in [4.78, 5) is 0.235. The van der Waals surface area contributed by atoms with Crippen LogP contribution in [0, 0.1) is 24.2 Å². The van der Waals surface area contributed by atoms with Crippen LogP contribution in [0.25, 0.3) is 0 Å². The van der Waals surface area contributed by atoms with E-state index in [0.29, 0.717) is 17.7 Å². The van der Waals surface area contributed by atoms with Gasteiger partial charge in [0.25, 0.3) is 0 Å². The van der Waals surface area contributed by atoms with E-state index < -0.39 is 10.0 Å². The Balaban J connectivity index is 2.25. The second-order valence-electron chi connectivity index (χ2n) is 5.25. The molecule has 0 aliphatic heterocycles. The van der Waals surface area contributed by atoms with E-state index in [-0.39, 0.29) is 16.9 Å². The van der Waals surface area contributed by atoms with Crippen LogP contribution in [-0.4, -0.2) is 21.0 Å². The largest absolute Gasteiger partial charge is 0.330 e. The molecular weight excluding hydrogens is 274 g/mol. The number of benzene rings is 1. The molecule has 0 aromatic heterocycles. The van der Waals surface area contributed by atoms with Gasteiger partial charge in [0.15, 0.2) is 0 Å². The summed E-state index contributed by atoms with van der Waals surface area (Å²) in [5.74, 6) is 0.212. The summed E-state index contributed by atoms with van der Waals surface area (Å²) in [7, 11) is -3.56. The number of nitriles is 1. The van der Waals surface area contributed by atoms with Gasteiger partial charge in [-0.1, -0.05) is 6.42 Å². The van der Waals surface area contributed by atoms with Gasteiger partial charge in [-0.2, -0.15) is 5.26 Å². The molecule has 0 unspecified atom stereocenters. The third-order valence-electron chi connectivity index (χ3n) is 3.86. The van der Waals surface area contributed by atoms with Crippen molar-refractivity contribution in [3.8, 4) is 6.07 Å². The highest BCUT2D eigenvalue weighted by atomic mass is 32.2. The zero-order chi connectivity index (χ0) is 14.8. The molecule has 2 rings (SSSR count). The van der Waals surface area contributed by atoms with Gasteiger partial charge in [-0.05, 0) is 56.0 Å². The van der Waals surface area contributed by atoms with Crippen molar-refractivity contribution in [3.63, 3.8) is 0 Å². The quantitative estimate of drug-likeness (QED) is 0.873. The summed E-state index contributed by atoms with van der Waals surface area (Å²) in [5.41, 5.74) is 6.72. The van der Waals surface area contributed by atoms with Gasteiger partial charge >= 0.3 is 0 Å². The van der Waals surface area contributed by atoms with Crippen molar-refractivity contribution < 1.29 is 8.42 Å². The van der Waals surface area contributed by atoms with Crippen molar-refractivity contribution in [2.75, 3.05) is 6.54 Å². The van der Waals surface area contributed by atoms with Crippen LogP contribution in [-0.2, 0) is 10.0 Å². The van der Waals surface area contributed by atoms with Gasteiger partial charge in [-0.15, -0.1) is 0 Å². The van der Waals surface area contributed by atoms with E-state index >= 15 is 0 Å². The molecule has 2 atom stereocenters. The molecule has 0 radical (unpaired) electrons. The maximum atomic E-state index is 12.4. The molecule has 5 nitrogen and oxygen atoms in total. The van der Waals surface area contributed by atoms with Gasteiger partial charge in [0.1, 0.15) is 0 Å². The minimum atomic E-state index is -3.56. The van der Waals surface area contributed by atoms with Crippen LogP contribution in [0.3, 0.4) is 0 Å². The molecule has 0 amide bonds. The molecular formula is C14H19N3O2S. The molecule has 0 spiro atoms. The SMILES string of the molecule is Cc1cc(C#N)ccc1S(=O)(=O)N[C@H]1CCC[C@H]1CN. The van der Waals surface area contributed by atoms with E-state index in [4.69, 9.17) is 11.0 Å². The molecule has 6 heteroatoms. The van der Waals surface area contributed by atoms with Crippen LogP contribution >= 0.6 is 0 Å². The molecule has 20 heavy (non-hydrogen) atoms. The first-order valence-electron chi connectivity index (χ1n) is 6.71. The lowest BCUT2D eigenvalue weighted by Gasteiger charge is -2.20. The lowest BCUT2D eigenvalue weighted by atomic mass is 10.1. The van der Waals surface area contributed by atoms with Crippen molar-refractivity contribution in [1.29, 1.82) is 5.26 Å². The lowest BCUT2D eigenvalue weighted by molar-refractivity contribution is 0.452. The number of aryl methyl sites for hydroxylation is 1. The second kappa shape index (κ2) is 5.92. The Morgan fingerprint density at radius 1 is 1.45 bits per heavy atom. The van der Waals surface area contributed by atoms with Crippen molar-refractivity contribution >= 4 is 10.0 Å². The summed E-state index contributed by atoms with van der Waals surface area (Å²) in [6.45, 7) is 2.20. The van der Waals surface area contributed by atoms with Crippen molar-refractivity contribution in [1.82, 2.24) is 4.72 Å². The highest BCUT2D eigenvalue weighted by molar-refractivity contribution is 7.89. The number of hydrogen-bond acceptors (Lipinski definition) is 4.